The van der Waals surface area contributed by atoms with Crippen molar-refractivity contribution in [3.05, 3.63) is 54.3 Å². The maximum absolute atomic E-state index is 13.3. The summed E-state index contributed by atoms with van der Waals surface area (Å²) in [6.07, 6.45) is 0.390. The van der Waals surface area contributed by atoms with Crippen LogP contribution in [0.5, 0.6) is 6.01 Å². The Hall–Kier alpha value is -3.22. The van der Waals surface area contributed by atoms with E-state index in [1.165, 1.54) is 12.1 Å². The molecule has 6 nitrogen and oxygen atoms in total. The SMILES string of the molecule is CCC(=O)Nc1cccc(-n2nc(OCC(C)C)nc2-c2ccc(F)cc2)c1. The molecule has 0 saturated carbocycles. The molecule has 0 spiro atoms. The fourth-order valence-electron chi connectivity index (χ4n) is 2.53. The third-order valence-corrected chi connectivity index (χ3v) is 3.93. The lowest BCUT2D eigenvalue weighted by Crippen LogP contribution is -2.10. The van der Waals surface area contributed by atoms with Crippen LogP contribution in [0.3, 0.4) is 0 Å². The first kappa shape index (κ1) is 19.5. The minimum absolute atomic E-state index is 0.0737. The molecule has 2 aromatic carbocycles. The number of ether oxygens (including phenoxy) is 1. The molecule has 28 heavy (non-hydrogen) atoms. The molecule has 1 N–H and O–H groups in total. The van der Waals surface area contributed by atoms with Gasteiger partial charge in [-0.3, -0.25) is 4.79 Å². The third kappa shape index (κ3) is 4.73. The van der Waals surface area contributed by atoms with Gasteiger partial charge in [0.05, 0.1) is 12.3 Å². The van der Waals surface area contributed by atoms with Gasteiger partial charge in [-0.1, -0.05) is 26.8 Å². The molecule has 0 bridgehead atoms. The van der Waals surface area contributed by atoms with Gasteiger partial charge in [-0.05, 0) is 48.4 Å². The second-order valence-corrected chi connectivity index (χ2v) is 6.79. The zero-order valence-electron chi connectivity index (χ0n) is 16.1. The second kappa shape index (κ2) is 8.65. The summed E-state index contributed by atoms with van der Waals surface area (Å²) < 4.78 is 20.7. The minimum atomic E-state index is -0.324. The van der Waals surface area contributed by atoms with E-state index < -0.39 is 0 Å². The van der Waals surface area contributed by atoms with Crippen molar-refractivity contribution < 1.29 is 13.9 Å². The molecule has 0 atom stereocenters. The molecule has 1 heterocycles. The zero-order valence-corrected chi connectivity index (χ0v) is 16.1. The van der Waals surface area contributed by atoms with Crippen LogP contribution in [-0.4, -0.2) is 27.3 Å². The molecule has 0 fully saturated rings. The van der Waals surface area contributed by atoms with Crippen LogP contribution in [0.4, 0.5) is 10.1 Å². The van der Waals surface area contributed by atoms with Crippen molar-refractivity contribution in [1.82, 2.24) is 14.8 Å². The number of nitrogens with one attached hydrogen (secondary N) is 1. The Bertz CT molecular complexity index is 951. The number of benzene rings is 2. The van der Waals surface area contributed by atoms with E-state index in [1.54, 1.807) is 23.7 Å². The lowest BCUT2D eigenvalue weighted by atomic mass is 10.2. The normalized spacial score (nSPS) is 10.9. The van der Waals surface area contributed by atoms with E-state index in [0.717, 1.165) is 0 Å². The molecule has 1 aromatic heterocycles. The van der Waals surface area contributed by atoms with Crippen molar-refractivity contribution in [3.63, 3.8) is 0 Å². The molecule has 0 saturated heterocycles. The number of amides is 1. The number of hydrogen-bond donors (Lipinski definition) is 1. The first-order valence-corrected chi connectivity index (χ1v) is 9.22. The van der Waals surface area contributed by atoms with Crippen LogP contribution in [0, 0.1) is 11.7 Å². The summed E-state index contributed by atoms with van der Waals surface area (Å²) in [4.78, 5) is 16.2. The summed E-state index contributed by atoms with van der Waals surface area (Å²) in [5, 5.41) is 7.30. The van der Waals surface area contributed by atoms with E-state index in [1.807, 2.05) is 38.1 Å². The molecule has 146 valence electrons. The highest BCUT2D eigenvalue weighted by atomic mass is 19.1. The average molecular weight is 382 g/mol. The predicted octanol–water partition coefficient (Wildman–Crippen LogP) is 4.46. The highest BCUT2D eigenvalue weighted by molar-refractivity contribution is 5.90. The van der Waals surface area contributed by atoms with E-state index in [2.05, 4.69) is 15.4 Å². The highest BCUT2D eigenvalue weighted by Crippen LogP contribution is 2.25. The van der Waals surface area contributed by atoms with Gasteiger partial charge in [0.15, 0.2) is 5.82 Å². The minimum Gasteiger partial charge on any atom is -0.462 e. The second-order valence-electron chi connectivity index (χ2n) is 6.79. The van der Waals surface area contributed by atoms with Crippen LogP contribution < -0.4 is 10.1 Å². The number of hydrogen-bond acceptors (Lipinski definition) is 4. The van der Waals surface area contributed by atoms with Crippen molar-refractivity contribution in [1.29, 1.82) is 0 Å². The summed E-state index contributed by atoms with van der Waals surface area (Å²) in [6, 6.07) is 13.6. The van der Waals surface area contributed by atoms with Crippen LogP contribution in [0.1, 0.15) is 27.2 Å². The average Bonchev–Trinajstić information content (AvgIpc) is 3.11. The smallest absolute Gasteiger partial charge is 0.336 e. The van der Waals surface area contributed by atoms with E-state index in [9.17, 15) is 9.18 Å². The number of rotatable bonds is 7. The Balaban J connectivity index is 2.01. The van der Waals surface area contributed by atoms with Gasteiger partial charge in [0.1, 0.15) is 5.82 Å². The van der Waals surface area contributed by atoms with Crippen molar-refractivity contribution in [2.75, 3.05) is 11.9 Å². The van der Waals surface area contributed by atoms with Gasteiger partial charge in [0.25, 0.3) is 0 Å². The molecule has 3 rings (SSSR count). The Kier molecular flexibility index (Phi) is 6.03. The topological polar surface area (TPSA) is 69.0 Å². The molecule has 0 aliphatic heterocycles. The van der Waals surface area contributed by atoms with Crippen LogP contribution >= 0.6 is 0 Å². The number of aromatic nitrogens is 3. The highest BCUT2D eigenvalue weighted by Gasteiger charge is 2.16. The summed E-state index contributed by atoms with van der Waals surface area (Å²) in [6.45, 7) is 6.36. The fraction of sp³-hybridized carbons (Fsp3) is 0.286. The third-order valence-electron chi connectivity index (χ3n) is 3.93. The molecular formula is C21H23FN4O2. The van der Waals surface area contributed by atoms with Gasteiger partial charge in [0.2, 0.25) is 5.91 Å². The number of carbonyl (C=O) groups is 1. The van der Waals surface area contributed by atoms with E-state index in [-0.39, 0.29) is 17.7 Å². The Morgan fingerprint density at radius 3 is 2.64 bits per heavy atom. The van der Waals surface area contributed by atoms with Gasteiger partial charge in [-0.15, -0.1) is 5.10 Å². The standard InChI is InChI=1S/C21H23FN4O2/c1-4-19(27)23-17-6-5-7-18(12-17)26-20(15-8-10-16(22)11-9-15)24-21(25-26)28-13-14(2)3/h5-12,14H,4,13H2,1-3H3,(H,23,27). The molecule has 0 aliphatic rings. The zero-order chi connectivity index (χ0) is 20.1. The number of anilines is 1. The fourth-order valence-corrected chi connectivity index (χ4v) is 2.53. The number of nitrogens with zero attached hydrogens (tertiary/aromatic N) is 3. The molecule has 7 heteroatoms. The molecular weight excluding hydrogens is 359 g/mol. The Morgan fingerprint density at radius 2 is 1.96 bits per heavy atom. The van der Waals surface area contributed by atoms with Crippen molar-refractivity contribution in [3.8, 4) is 23.1 Å². The first-order valence-electron chi connectivity index (χ1n) is 9.22. The summed E-state index contributed by atoms with van der Waals surface area (Å²) in [7, 11) is 0. The lowest BCUT2D eigenvalue weighted by molar-refractivity contribution is -0.115. The summed E-state index contributed by atoms with van der Waals surface area (Å²) in [5.41, 5.74) is 2.07. The van der Waals surface area contributed by atoms with Gasteiger partial charge in [0, 0.05) is 17.7 Å². The van der Waals surface area contributed by atoms with Gasteiger partial charge in [-0.2, -0.15) is 4.98 Å². The van der Waals surface area contributed by atoms with Crippen molar-refractivity contribution >= 4 is 11.6 Å². The van der Waals surface area contributed by atoms with Gasteiger partial charge >= 0.3 is 6.01 Å². The molecule has 3 aromatic rings. The molecule has 0 unspecified atom stereocenters. The maximum Gasteiger partial charge on any atom is 0.336 e. The number of carbonyl (C=O) groups excluding carboxylic acids is 1. The number of halogens is 1. The van der Waals surface area contributed by atoms with Crippen LogP contribution in [-0.2, 0) is 4.79 Å². The van der Waals surface area contributed by atoms with E-state index in [0.29, 0.717) is 41.7 Å². The monoisotopic (exact) mass is 382 g/mol. The van der Waals surface area contributed by atoms with E-state index in [4.69, 9.17) is 4.74 Å². The molecule has 1 amide bonds. The first-order chi connectivity index (χ1) is 13.5. The summed E-state index contributed by atoms with van der Waals surface area (Å²) in [5.74, 6) is 0.456. The predicted molar refractivity (Wildman–Crippen MR) is 106 cm³/mol. The largest absolute Gasteiger partial charge is 0.462 e. The Labute approximate surface area is 163 Å². The quantitative estimate of drug-likeness (QED) is 0.655. The Morgan fingerprint density at radius 1 is 1.21 bits per heavy atom. The lowest BCUT2D eigenvalue weighted by Gasteiger charge is -2.09. The molecule has 0 aliphatic carbocycles. The summed E-state index contributed by atoms with van der Waals surface area (Å²) >= 11 is 0. The van der Waals surface area contributed by atoms with Gasteiger partial charge < -0.3 is 10.1 Å². The molecule has 0 radical (unpaired) electrons. The van der Waals surface area contributed by atoms with Crippen molar-refractivity contribution in [2.45, 2.75) is 27.2 Å². The van der Waals surface area contributed by atoms with Crippen molar-refractivity contribution in [2.24, 2.45) is 5.92 Å². The van der Waals surface area contributed by atoms with Crippen LogP contribution in [0.2, 0.25) is 0 Å². The maximum atomic E-state index is 13.3. The van der Waals surface area contributed by atoms with E-state index >= 15 is 0 Å². The van der Waals surface area contributed by atoms with Crippen LogP contribution in [0.25, 0.3) is 17.1 Å². The van der Waals surface area contributed by atoms with Crippen LogP contribution in [0.15, 0.2) is 48.5 Å². The van der Waals surface area contributed by atoms with Gasteiger partial charge in [-0.25, -0.2) is 9.07 Å².